The summed E-state index contributed by atoms with van der Waals surface area (Å²) >= 11 is 0. The maximum Gasteiger partial charge on any atom is 0.338 e. The van der Waals surface area contributed by atoms with E-state index in [4.69, 9.17) is 9.26 Å². The first kappa shape index (κ1) is 20.1. The van der Waals surface area contributed by atoms with Gasteiger partial charge in [-0.15, -0.1) is 0 Å². The molecule has 0 fully saturated rings. The Morgan fingerprint density at radius 2 is 1.96 bits per heavy atom. The van der Waals surface area contributed by atoms with E-state index in [0.29, 0.717) is 5.82 Å². The van der Waals surface area contributed by atoms with Crippen LogP contribution in [0, 0.1) is 0 Å². The van der Waals surface area contributed by atoms with Gasteiger partial charge >= 0.3 is 5.97 Å². The number of hydrogen-bond acceptors (Lipinski definition) is 7. The Kier molecular flexibility index (Phi) is 6.14. The molecule has 0 saturated carbocycles. The third-order valence-corrected chi connectivity index (χ3v) is 5.83. The Balaban J connectivity index is 2.12. The van der Waals surface area contributed by atoms with Gasteiger partial charge in [0.25, 0.3) is 5.89 Å². The summed E-state index contributed by atoms with van der Waals surface area (Å²) in [7, 11) is -2.19. The van der Waals surface area contributed by atoms with Gasteiger partial charge < -0.3 is 9.26 Å². The largest absolute Gasteiger partial charge is 0.452 e. The number of benzene rings is 1. The molecule has 0 amide bonds. The molecule has 0 aliphatic carbocycles. The molecule has 0 unspecified atom stereocenters. The fourth-order valence-electron chi connectivity index (χ4n) is 2.00. The normalized spacial score (nSPS) is 12.2. The van der Waals surface area contributed by atoms with E-state index in [-0.39, 0.29) is 34.9 Å². The molecule has 0 aliphatic rings. The van der Waals surface area contributed by atoms with Crippen molar-refractivity contribution in [2.45, 2.75) is 51.2 Å². The Bertz CT molecular complexity index is 874. The van der Waals surface area contributed by atoms with Gasteiger partial charge in [-0.25, -0.2) is 13.2 Å². The molecule has 26 heavy (non-hydrogen) atoms. The van der Waals surface area contributed by atoms with Gasteiger partial charge in [-0.3, -0.25) is 0 Å². The van der Waals surface area contributed by atoms with Crippen LogP contribution in [0.15, 0.2) is 33.7 Å². The summed E-state index contributed by atoms with van der Waals surface area (Å²) in [4.78, 5) is 16.4. The van der Waals surface area contributed by atoms with E-state index in [9.17, 15) is 13.2 Å². The lowest BCUT2D eigenvalue weighted by molar-refractivity contribution is 0.0429. The van der Waals surface area contributed by atoms with Crippen molar-refractivity contribution in [2.75, 3.05) is 7.05 Å². The predicted molar refractivity (Wildman–Crippen MR) is 94.0 cm³/mol. The van der Waals surface area contributed by atoms with E-state index in [1.807, 2.05) is 13.8 Å². The van der Waals surface area contributed by atoms with Crippen molar-refractivity contribution in [2.24, 2.45) is 0 Å². The van der Waals surface area contributed by atoms with Gasteiger partial charge in [0.05, 0.1) is 10.5 Å². The molecule has 2 aromatic rings. The van der Waals surface area contributed by atoms with Crippen LogP contribution in [0.3, 0.4) is 0 Å². The number of esters is 1. The molecule has 0 bridgehead atoms. The summed E-state index contributed by atoms with van der Waals surface area (Å²) in [6, 6.07) is 5.52. The highest BCUT2D eigenvalue weighted by Gasteiger charge is 2.24. The van der Waals surface area contributed by atoms with E-state index in [1.54, 1.807) is 13.8 Å². The SMILES string of the molecule is CC(C)c1noc(COC(=O)c2cccc(S(=O)(=O)N(C)C(C)C)c2)n1. The number of sulfonamides is 1. The molecular formula is C17H23N3O5S. The standard InChI is InChI=1S/C17H23N3O5S/c1-11(2)16-18-15(25-19-16)10-24-17(21)13-7-6-8-14(9-13)26(22,23)20(5)12(3)4/h6-9,11-12H,10H2,1-5H3. The van der Waals surface area contributed by atoms with E-state index in [0.717, 1.165) is 0 Å². The lowest BCUT2D eigenvalue weighted by Crippen LogP contribution is -2.33. The van der Waals surface area contributed by atoms with Gasteiger partial charge in [-0.1, -0.05) is 25.1 Å². The molecule has 0 N–H and O–H groups in total. The summed E-state index contributed by atoms with van der Waals surface area (Å²) in [6.45, 7) is 7.19. The zero-order valence-electron chi connectivity index (χ0n) is 15.5. The van der Waals surface area contributed by atoms with Crippen LogP contribution < -0.4 is 0 Å². The third kappa shape index (κ3) is 4.47. The Labute approximate surface area is 153 Å². The van der Waals surface area contributed by atoms with E-state index >= 15 is 0 Å². The van der Waals surface area contributed by atoms with E-state index < -0.39 is 16.0 Å². The Morgan fingerprint density at radius 3 is 2.54 bits per heavy atom. The summed E-state index contributed by atoms with van der Waals surface area (Å²) in [5.41, 5.74) is 0.131. The minimum absolute atomic E-state index is 0.0306. The van der Waals surface area contributed by atoms with Crippen LogP contribution >= 0.6 is 0 Å². The quantitative estimate of drug-likeness (QED) is 0.679. The molecule has 0 saturated heterocycles. The van der Waals surface area contributed by atoms with E-state index in [2.05, 4.69) is 10.1 Å². The van der Waals surface area contributed by atoms with E-state index in [1.165, 1.54) is 35.6 Å². The van der Waals surface area contributed by atoms with Gasteiger partial charge in [0.15, 0.2) is 12.4 Å². The van der Waals surface area contributed by atoms with Crippen molar-refractivity contribution >= 4 is 16.0 Å². The minimum atomic E-state index is -3.68. The van der Waals surface area contributed by atoms with Gasteiger partial charge in [0.2, 0.25) is 10.0 Å². The molecule has 1 aromatic heterocycles. The van der Waals surface area contributed by atoms with Crippen molar-refractivity contribution in [1.29, 1.82) is 0 Å². The zero-order valence-corrected chi connectivity index (χ0v) is 16.3. The van der Waals surface area contributed by atoms with Crippen LogP contribution in [0.4, 0.5) is 0 Å². The van der Waals surface area contributed by atoms with Gasteiger partial charge in [0, 0.05) is 19.0 Å². The summed E-state index contributed by atoms with van der Waals surface area (Å²) in [5, 5.41) is 3.79. The Morgan fingerprint density at radius 1 is 1.27 bits per heavy atom. The lowest BCUT2D eigenvalue weighted by atomic mass is 10.2. The highest BCUT2D eigenvalue weighted by atomic mass is 32.2. The summed E-state index contributed by atoms with van der Waals surface area (Å²) in [5.74, 6) is 0.146. The second-order valence-corrected chi connectivity index (χ2v) is 8.42. The topological polar surface area (TPSA) is 103 Å². The number of nitrogens with zero attached hydrogens (tertiary/aromatic N) is 3. The molecule has 0 aliphatic heterocycles. The maximum absolute atomic E-state index is 12.5. The average Bonchev–Trinajstić information content (AvgIpc) is 3.08. The van der Waals surface area contributed by atoms with Gasteiger partial charge in [-0.05, 0) is 32.0 Å². The highest BCUT2D eigenvalue weighted by Crippen LogP contribution is 2.19. The molecule has 1 heterocycles. The van der Waals surface area contributed by atoms with Crippen LogP contribution in [-0.4, -0.2) is 41.9 Å². The second-order valence-electron chi connectivity index (χ2n) is 6.42. The first-order valence-electron chi connectivity index (χ1n) is 8.20. The molecule has 142 valence electrons. The number of carbonyl (C=O) groups excluding carboxylic acids is 1. The van der Waals surface area contributed by atoms with Crippen molar-refractivity contribution in [1.82, 2.24) is 14.4 Å². The van der Waals surface area contributed by atoms with Crippen LogP contribution in [0.2, 0.25) is 0 Å². The molecule has 8 nitrogen and oxygen atoms in total. The highest BCUT2D eigenvalue weighted by molar-refractivity contribution is 7.89. The average molecular weight is 381 g/mol. The molecule has 1 aromatic carbocycles. The minimum Gasteiger partial charge on any atom is -0.452 e. The lowest BCUT2D eigenvalue weighted by Gasteiger charge is -2.21. The van der Waals surface area contributed by atoms with Crippen molar-refractivity contribution < 1.29 is 22.5 Å². The fraction of sp³-hybridized carbons (Fsp3) is 0.471. The number of aromatic nitrogens is 2. The third-order valence-electron chi connectivity index (χ3n) is 3.80. The Hall–Kier alpha value is -2.26. The zero-order chi connectivity index (χ0) is 19.5. The fourth-order valence-corrected chi connectivity index (χ4v) is 3.41. The molecule has 2 rings (SSSR count). The molecule has 0 spiro atoms. The number of rotatable bonds is 7. The smallest absolute Gasteiger partial charge is 0.338 e. The van der Waals surface area contributed by atoms with Crippen molar-refractivity contribution in [3.8, 4) is 0 Å². The molecule has 0 atom stereocenters. The molecular weight excluding hydrogens is 358 g/mol. The van der Waals surface area contributed by atoms with Gasteiger partial charge in [0.1, 0.15) is 0 Å². The predicted octanol–water partition coefficient (Wildman–Crippen LogP) is 2.58. The first-order valence-corrected chi connectivity index (χ1v) is 9.64. The number of carbonyl (C=O) groups is 1. The number of hydrogen-bond donors (Lipinski definition) is 0. The van der Waals surface area contributed by atoms with Crippen molar-refractivity contribution in [3.63, 3.8) is 0 Å². The van der Waals surface area contributed by atoms with Crippen LogP contribution in [0.5, 0.6) is 0 Å². The van der Waals surface area contributed by atoms with Crippen LogP contribution in [0.25, 0.3) is 0 Å². The molecule has 0 radical (unpaired) electrons. The monoisotopic (exact) mass is 381 g/mol. The number of ether oxygens (including phenoxy) is 1. The first-order chi connectivity index (χ1) is 12.1. The maximum atomic E-state index is 12.5. The summed E-state index contributed by atoms with van der Waals surface area (Å²) in [6.07, 6.45) is 0. The molecule has 9 heteroatoms. The second kappa shape index (κ2) is 7.96. The van der Waals surface area contributed by atoms with Crippen LogP contribution in [-0.2, 0) is 21.4 Å². The summed E-state index contributed by atoms with van der Waals surface area (Å²) < 4.78 is 36.5. The van der Waals surface area contributed by atoms with Crippen LogP contribution in [0.1, 0.15) is 55.7 Å². The van der Waals surface area contributed by atoms with Gasteiger partial charge in [-0.2, -0.15) is 9.29 Å². The van der Waals surface area contributed by atoms with Crippen molar-refractivity contribution in [3.05, 3.63) is 41.5 Å².